The molecule has 1 heterocycles. The van der Waals surface area contributed by atoms with E-state index in [4.69, 9.17) is 15.2 Å². The molecule has 0 aliphatic carbocycles. The van der Waals surface area contributed by atoms with Crippen molar-refractivity contribution in [1.82, 2.24) is 0 Å². The number of aryl methyl sites for hydroxylation is 3. The summed E-state index contributed by atoms with van der Waals surface area (Å²) in [5.41, 5.74) is 7.68. The van der Waals surface area contributed by atoms with Crippen LogP contribution in [-0.2, 0) is 12.8 Å². The second-order valence-electron chi connectivity index (χ2n) is 7.50. The van der Waals surface area contributed by atoms with Crippen molar-refractivity contribution in [2.45, 2.75) is 51.5 Å². The summed E-state index contributed by atoms with van der Waals surface area (Å²) in [7, 11) is 3.24. The maximum atomic E-state index is 12.6. The van der Waals surface area contributed by atoms with Crippen molar-refractivity contribution in [3.05, 3.63) is 45.1 Å². The molecule has 3 N–H and O–H groups in total. The number of hydrogen-bond donors (Lipinski definition) is 2. The highest BCUT2D eigenvalue weighted by Crippen LogP contribution is 2.29. The largest absolute Gasteiger partial charge is 0.493 e. The second-order valence-corrected chi connectivity index (χ2v) is 8.63. The molecule has 1 unspecified atom stereocenters. The van der Waals surface area contributed by atoms with Crippen LogP contribution < -0.4 is 15.2 Å². The average molecular weight is 406 g/mol. The average Bonchev–Trinajstić information content (AvgIpc) is 3.07. The lowest BCUT2D eigenvalue weighted by molar-refractivity contribution is 0.0984. The standard InChI is InChI=1S/C22H31NO4S/c1-15-12-21(28-20(15)10-11-22(2,23)14-24)17(25)7-5-6-16-8-9-18(26-3)19(13-16)27-4/h8-9,12-13,24H,5-7,10-11,14,23H2,1-4H3. The third kappa shape index (κ3) is 6.06. The van der Waals surface area contributed by atoms with E-state index in [1.165, 1.54) is 4.88 Å². The molecule has 6 heteroatoms. The summed E-state index contributed by atoms with van der Waals surface area (Å²) in [6.07, 6.45) is 3.58. The van der Waals surface area contributed by atoms with Crippen molar-refractivity contribution in [1.29, 1.82) is 0 Å². The van der Waals surface area contributed by atoms with E-state index in [-0.39, 0.29) is 12.4 Å². The number of rotatable bonds is 11. The lowest BCUT2D eigenvalue weighted by atomic mass is 9.97. The molecule has 1 aromatic carbocycles. The first-order valence-corrected chi connectivity index (χ1v) is 10.3. The highest BCUT2D eigenvalue weighted by molar-refractivity contribution is 7.14. The first-order chi connectivity index (χ1) is 13.3. The van der Waals surface area contributed by atoms with E-state index in [0.717, 1.165) is 35.3 Å². The van der Waals surface area contributed by atoms with Crippen molar-refractivity contribution in [2.24, 2.45) is 5.73 Å². The van der Waals surface area contributed by atoms with Gasteiger partial charge in [0.05, 0.1) is 25.7 Å². The van der Waals surface area contributed by atoms with Crippen LogP contribution in [0.4, 0.5) is 0 Å². The van der Waals surface area contributed by atoms with Gasteiger partial charge in [-0.3, -0.25) is 4.79 Å². The fraction of sp³-hybridized carbons (Fsp3) is 0.500. The first kappa shape index (κ1) is 22.4. The number of methoxy groups -OCH3 is 2. The van der Waals surface area contributed by atoms with Gasteiger partial charge < -0.3 is 20.3 Å². The Morgan fingerprint density at radius 1 is 1.18 bits per heavy atom. The highest BCUT2D eigenvalue weighted by Gasteiger charge is 2.19. The van der Waals surface area contributed by atoms with Gasteiger partial charge >= 0.3 is 0 Å². The molecule has 0 bridgehead atoms. The van der Waals surface area contributed by atoms with Gasteiger partial charge in [0.1, 0.15) is 0 Å². The minimum absolute atomic E-state index is 0.0423. The molecular weight excluding hydrogens is 374 g/mol. The molecule has 0 aliphatic rings. The Labute approximate surface area is 171 Å². The van der Waals surface area contributed by atoms with Crippen molar-refractivity contribution in [3.63, 3.8) is 0 Å². The van der Waals surface area contributed by atoms with E-state index in [9.17, 15) is 9.90 Å². The smallest absolute Gasteiger partial charge is 0.172 e. The Hall–Kier alpha value is -1.89. The van der Waals surface area contributed by atoms with Crippen LogP contribution in [0.2, 0.25) is 0 Å². The van der Waals surface area contributed by atoms with Gasteiger partial charge in [0.25, 0.3) is 0 Å². The summed E-state index contributed by atoms with van der Waals surface area (Å²) in [6.45, 7) is 3.83. The Kier molecular flexibility index (Phi) is 8.04. The van der Waals surface area contributed by atoms with Gasteiger partial charge in [-0.1, -0.05) is 6.07 Å². The molecule has 0 radical (unpaired) electrons. The third-order valence-corrected chi connectivity index (χ3v) is 6.23. The minimum atomic E-state index is -0.583. The Morgan fingerprint density at radius 2 is 1.89 bits per heavy atom. The SMILES string of the molecule is COc1ccc(CCCC(=O)c2cc(C)c(CCC(C)(N)CO)s2)cc1OC. The van der Waals surface area contributed by atoms with Crippen LogP contribution in [0.15, 0.2) is 24.3 Å². The number of nitrogens with two attached hydrogens (primary N) is 1. The van der Waals surface area contributed by atoms with Crippen molar-refractivity contribution in [2.75, 3.05) is 20.8 Å². The number of carbonyl (C=O) groups is 1. The molecule has 0 spiro atoms. The molecule has 0 amide bonds. The number of Topliss-reactive ketones (excluding diaryl/α,β-unsaturated/α-hetero) is 1. The Balaban J connectivity index is 1.90. The number of aliphatic hydroxyl groups excluding tert-OH is 1. The van der Waals surface area contributed by atoms with Crippen LogP contribution in [0.5, 0.6) is 11.5 Å². The number of thiophene rings is 1. The molecule has 0 aliphatic heterocycles. The highest BCUT2D eigenvalue weighted by atomic mass is 32.1. The molecular formula is C22H31NO4S. The molecule has 0 saturated carbocycles. The number of ketones is 1. The van der Waals surface area contributed by atoms with Crippen LogP contribution >= 0.6 is 11.3 Å². The lowest BCUT2D eigenvalue weighted by Crippen LogP contribution is -2.40. The molecule has 5 nitrogen and oxygen atoms in total. The monoisotopic (exact) mass is 405 g/mol. The van der Waals surface area contributed by atoms with E-state index in [2.05, 4.69) is 0 Å². The summed E-state index contributed by atoms with van der Waals surface area (Å²) >= 11 is 1.55. The maximum absolute atomic E-state index is 12.6. The van der Waals surface area contributed by atoms with Crippen molar-refractivity contribution < 1.29 is 19.4 Å². The van der Waals surface area contributed by atoms with Gasteiger partial charge in [-0.15, -0.1) is 11.3 Å². The summed E-state index contributed by atoms with van der Waals surface area (Å²) in [5.74, 6) is 1.59. The maximum Gasteiger partial charge on any atom is 0.172 e. The molecule has 0 saturated heterocycles. The van der Waals surface area contributed by atoms with Crippen LogP contribution in [0.3, 0.4) is 0 Å². The van der Waals surface area contributed by atoms with Crippen LogP contribution in [0.25, 0.3) is 0 Å². The number of benzene rings is 1. The second kappa shape index (κ2) is 10.0. The van der Waals surface area contributed by atoms with Crippen LogP contribution in [0, 0.1) is 6.92 Å². The summed E-state index contributed by atoms with van der Waals surface area (Å²) in [6, 6.07) is 7.83. The van der Waals surface area contributed by atoms with Crippen LogP contribution in [-0.4, -0.2) is 37.3 Å². The molecule has 2 aromatic rings. The molecule has 1 atom stereocenters. The summed E-state index contributed by atoms with van der Waals surface area (Å²) < 4.78 is 10.6. The van der Waals surface area contributed by atoms with E-state index in [1.807, 2.05) is 38.1 Å². The van der Waals surface area contributed by atoms with E-state index < -0.39 is 5.54 Å². The number of ether oxygens (including phenoxy) is 2. The van der Waals surface area contributed by atoms with Crippen molar-refractivity contribution in [3.8, 4) is 11.5 Å². The molecule has 1 aromatic heterocycles. The zero-order valence-electron chi connectivity index (χ0n) is 17.2. The quantitative estimate of drug-likeness (QED) is 0.554. The summed E-state index contributed by atoms with van der Waals surface area (Å²) in [5, 5.41) is 9.30. The van der Waals surface area contributed by atoms with Crippen molar-refractivity contribution >= 4 is 17.1 Å². The van der Waals surface area contributed by atoms with Gasteiger partial charge in [0.15, 0.2) is 17.3 Å². The normalized spacial score (nSPS) is 13.2. The fourth-order valence-electron chi connectivity index (χ4n) is 3.00. The Bertz CT molecular complexity index is 798. The number of aliphatic hydroxyl groups is 1. The predicted octanol–water partition coefficient (Wildman–Crippen LogP) is 3.92. The first-order valence-electron chi connectivity index (χ1n) is 9.53. The molecule has 28 heavy (non-hydrogen) atoms. The zero-order chi connectivity index (χ0) is 20.7. The zero-order valence-corrected chi connectivity index (χ0v) is 18.0. The van der Waals surface area contributed by atoms with Gasteiger partial charge in [0.2, 0.25) is 0 Å². The third-order valence-electron chi connectivity index (χ3n) is 4.90. The summed E-state index contributed by atoms with van der Waals surface area (Å²) in [4.78, 5) is 14.6. The van der Waals surface area contributed by atoms with Gasteiger partial charge in [-0.05, 0) is 68.9 Å². The topological polar surface area (TPSA) is 81.8 Å². The molecule has 2 rings (SSSR count). The lowest BCUT2D eigenvalue weighted by Gasteiger charge is -2.21. The van der Waals surface area contributed by atoms with E-state index in [1.54, 1.807) is 25.6 Å². The van der Waals surface area contributed by atoms with Gasteiger partial charge in [-0.2, -0.15) is 0 Å². The van der Waals surface area contributed by atoms with Gasteiger partial charge in [0, 0.05) is 16.8 Å². The molecule has 154 valence electrons. The molecule has 0 fully saturated rings. The van der Waals surface area contributed by atoms with E-state index >= 15 is 0 Å². The number of hydrogen-bond acceptors (Lipinski definition) is 6. The number of carbonyl (C=O) groups excluding carboxylic acids is 1. The van der Waals surface area contributed by atoms with Crippen LogP contribution in [0.1, 0.15) is 51.9 Å². The van der Waals surface area contributed by atoms with Gasteiger partial charge in [-0.25, -0.2) is 0 Å². The van der Waals surface area contributed by atoms with E-state index in [0.29, 0.717) is 24.3 Å². The fourth-order valence-corrected chi connectivity index (χ4v) is 4.14. The Morgan fingerprint density at radius 3 is 2.54 bits per heavy atom. The minimum Gasteiger partial charge on any atom is -0.493 e. The predicted molar refractivity (Wildman–Crippen MR) is 114 cm³/mol.